The maximum atomic E-state index is 6.66. The quantitative estimate of drug-likeness (QED) is 0.383. The summed E-state index contributed by atoms with van der Waals surface area (Å²) in [5.74, 6) is 0. The fourth-order valence-electron chi connectivity index (χ4n) is 0.0445. The van der Waals surface area contributed by atoms with E-state index in [4.69, 9.17) is 4.11 Å². The van der Waals surface area contributed by atoms with Gasteiger partial charge in [-0.05, 0) is 6.85 Å². The van der Waals surface area contributed by atoms with Crippen molar-refractivity contribution in [3.8, 4) is 0 Å². The second-order valence-corrected chi connectivity index (χ2v) is 1.20. The molecule has 0 aromatic heterocycles. The van der Waals surface area contributed by atoms with Crippen LogP contribution in [0.25, 0.3) is 0 Å². The zero-order valence-corrected chi connectivity index (χ0v) is 4.33. The van der Waals surface area contributed by atoms with Crippen LogP contribution in [0.1, 0.15) is 11.0 Å². The van der Waals surface area contributed by atoms with Crippen LogP contribution in [0.15, 0.2) is 12.2 Å². The van der Waals surface area contributed by atoms with E-state index in [0.717, 1.165) is 0 Å². The molecule has 30 valence electrons. The van der Waals surface area contributed by atoms with Crippen LogP contribution in [-0.4, -0.2) is 5.33 Å². The lowest BCUT2D eigenvalue weighted by Gasteiger charge is -1.63. The molecule has 0 bridgehead atoms. The average Bonchev–Trinajstić information content (AvgIpc) is 1.59. The lowest BCUT2D eigenvalue weighted by molar-refractivity contribution is 1.67. The van der Waals surface area contributed by atoms with Gasteiger partial charge in [0, 0.05) is 9.44 Å². The highest BCUT2D eigenvalue weighted by atomic mass is 79.9. The van der Waals surface area contributed by atoms with Crippen LogP contribution < -0.4 is 0 Å². The highest BCUT2D eigenvalue weighted by Gasteiger charge is 1.54. The van der Waals surface area contributed by atoms with Crippen molar-refractivity contribution in [3.05, 3.63) is 12.2 Å². The Labute approximate surface area is 45.2 Å². The molecule has 1 heteroatoms. The summed E-state index contributed by atoms with van der Waals surface area (Å²) in [6.45, 7) is -1.91. The van der Waals surface area contributed by atoms with Gasteiger partial charge in [-0.3, -0.25) is 0 Å². The second kappa shape index (κ2) is 4.22. The van der Waals surface area contributed by atoms with Crippen LogP contribution in [-0.2, 0) is 0 Å². The van der Waals surface area contributed by atoms with Crippen molar-refractivity contribution in [2.75, 3.05) is 5.33 Å². The summed E-state index contributed by atoms with van der Waals surface area (Å²) < 4.78 is 20.0. The van der Waals surface area contributed by atoms with E-state index in [2.05, 4.69) is 15.9 Å². The van der Waals surface area contributed by atoms with Crippen molar-refractivity contribution in [1.29, 1.82) is 0 Å². The van der Waals surface area contributed by atoms with Crippen LogP contribution in [0.5, 0.6) is 0 Å². The Morgan fingerprint density at radius 2 is 3.00 bits per heavy atom. The first-order chi connectivity index (χ1) is 3.56. The van der Waals surface area contributed by atoms with E-state index in [1.165, 1.54) is 6.08 Å². The summed E-state index contributed by atoms with van der Waals surface area (Å²) in [5, 5.41) is 0.603. The van der Waals surface area contributed by atoms with Gasteiger partial charge in [0.1, 0.15) is 0 Å². The topological polar surface area (TPSA) is 0 Å². The Hall–Kier alpha value is 0.220. The molecular formula is C4H7Br. The third-order valence-corrected chi connectivity index (χ3v) is 0.581. The van der Waals surface area contributed by atoms with Gasteiger partial charge < -0.3 is 0 Å². The number of hydrogen-bond donors (Lipinski definition) is 0. The highest BCUT2D eigenvalue weighted by molar-refractivity contribution is 9.09. The molecule has 0 saturated heterocycles. The highest BCUT2D eigenvalue weighted by Crippen LogP contribution is 1.77. The van der Waals surface area contributed by atoms with E-state index < -0.39 is 6.85 Å². The molecule has 0 aromatic carbocycles. The molecule has 0 fully saturated rings. The van der Waals surface area contributed by atoms with Gasteiger partial charge in [0.2, 0.25) is 0 Å². The molecule has 0 aliphatic heterocycles. The van der Waals surface area contributed by atoms with Crippen LogP contribution in [0.2, 0.25) is 0 Å². The molecule has 5 heavy (non-hydrogen) atoms. The molecular weight excluding hydrogens is 128 g/mol. The Morgan fingerprint density at radius 3 is 3.20 bits per heavy atom. The van der Waals surface area contributed by atoms with E-state index in [-0.39, 0.29) is 0 Å². The number of allylic oxidation sites excluding steroid dienone is 2. The summed E-state index contributed by atoms with van der Waals surface area (Å²) in [6, 6.07) is 0. The number of alkyl halides is 1. The zero-order chi connectivity index (χ0) is 6.62. The molecule has 0 nitrogen and oxygen atoms in total. The first kappa shape index (κ1) is 1.78. The standard InChI is InChI=1S/C4H7Br/c1-2-3-4-5/h2-3H,4H2,1H3/b3-2+/i1D3. The van der Waals surface area contributed by atoms with Gasteiger partial charge in [-0.15, -0.1) is 0 Å². The van der Waals surface area contributed by atoms with E-state index >= 15 is 0 Å². The number of halogens is 1. The zero-order valence-electron chi connectivity index (χ0n) is 5.74. The minimum atomic E-state index is -1.91. The molecule has 0 aromatic rings. The van der Waals surface area contributed by atoms with Crippen molar-refractivity contribution in [3.63, 3.8) is 0 Å². The minimum Gasteiger partial charge on any atom is -0.0908 e. The lowest BCUT2D eigenvalue weighted by atomic mass is 10.6. The van der Waals surface area contributed by atoms with Gasteiger partial charge in [0.15, 0.2) is 0 Å². The number of hydrogen-bond acceptors (Lipinski definition) is 0. The first-order valence-electron chi connectivity index (χ1n) is 2.80. The van der Waals surface area contributed by atoms with E-state index in [0.29, 0.717) is 5.33 Å². The fourth-order valence-corrected chi connectivity index (χ4v) is 0.231. The maximum Gasteiger partial charge on any atom is 0.0273 e. The average molecular weight is 138 g/mol. The van der Waals surface area contributed by atoms with Gasteiger partial charge >= 0.3 is 0 Å². The monoisotopic (exact) mass is 137 g/mol. The summed E-state index contributed by atoms with van der Waals surface area (Å²) >= 11 is 3.07. The normalized spacial score (nSPS) is 21.4. The Bertz CT molecular complexity index is 83.8. The summed E-state index contributed by atoms with van der Waals surface area (Å²) in [6.07, 6.45) is 2.76. The summed E-state index contributed by atoms with van der Waals surface area (Å²) in [5.41, 5.74) is 0. The van der Waals surface area contributed by atoms with Gasteiger partial charge in [-0.1, -0.05) is 28.1 Å². The molecule has 0 spiro atoms. The molecule has 0 atom stereocenters. The molecule has 0 heterocycles. The van der Waals surface area contributed by atoms with Gasteiger partial charge in [0.25, 0.3) is 0 Å². The third kappa shape index (κ3) is 4.22. The molecule has 0 aliphatic rings. The summed E-state index contributed by atoms with van der Waals surface area (Å²) in [4.78, 5) is 0. The maximum absolute atomic E-state index is 6.66. The molecule has 0 unspecified atom stereocenters. The van der Waals surface area contributed by atoms with Crippen molar-refractivity contribution in [1.82, 2.24) is 0 Å². The van der Waals surface area contributed by atoms with E-state index in [1.807, 2.05) is 0 Å². The van der Waals surface area contributed by atoms with Crippen LogP contribution >= 0.6 is 15.9 Å². The Kier molecular flexibility index (Phi) is 1.51. The molecule has 0 aliphatic carbocycles. The summed E-state index contributed by atoms with van der Waals surface area (Å²) in [7, 11) is 0. The predicted octanol–water partition coefficient (Wildman–Crippen LogP) is 1.96. The smallest absolute Gasteiger partial charge is 0.0273 e. The Morgan fingerprint density at radius 1 is 2.20 bits per heavy atom. The molecule has 0 N–H and O–H groups in total. The van der Waals surface area contributed by atoms with Crippen molar-refractivity contribution >= 4 is 15.9 Å². The largest absolute Gasteiger partial charge is 0.0908 e. The second-order valence-electron chi connectivity index (χ2n) is 0.557. The molecule has 0 rings (SSSR count). The van der Waals surface area contributed by atoms with Gasteiger partial charge in [-0.25, -0.2) is 0 Å². The van der Waals surface area contributed by atoms with E-state index in [1.54, 1.807) is 6.08 Å². The van der Waals surface area contributed by atoms with E-state index in [9.17, 15) is 0 Å². The van der Waals surface area contributed by atoms with Crippen molar-refractivity contribution in [2.24, 2.45) is 0 Å². The first-order valence-corrected chi connectivity index (χ1v) is 2.42. The number of rotatable bonds is 1. The van der Waals surface area contributed by atoms with Crippen LogP contribution in [0.4, 0.5) is 0 Å². The van der Waals surface area contributed by atoms with Gasteiger partial charge in [-0.2, -0.15) is 0 Å². The molecule has 0 radical (unpaired) electrons. The lowest BCUT2D eigenvalue weighted by Crippen LogP contribution is -1.49. The fraction of sp³-hybridized carbons (Fsp3) is 0.500. The molecule has 0 saturated carbocycles. The van der Waals surface area contributed by atoms with Crippen LogP contribution in [0, 0.1) is 0 Å². The van der Waals surface area contributed by atoms with Crippen molar-refractivity contribution in [2.45, 2.75) is 6.85 Å². The predicted molar refractivity (Wildman–Crippen MR) is 28.6 cm³/mol. The molecule has 0 amide bonds. The van der Waals surface area contributed by atoms with Gasteiger partial charge in [0.05, 0.1) is 0 Å². The Balaban J connectivity index is 3.52. The minimum absolute atomic E-state index is 0.603. The SMILES string of the molecule is [2H]C([2H])([2H])/C=C/CBr. The van der Waals surface area contributed by atoms with Crippen LogP contribution in [0.3, 0.4) is 0 Å². The van der Waals surface area contributed by atoms with Crippen molar-refractivity contribution < 1.29 is 4.11 Å². The third-order valence-electron chi connectivity index (χ3n) is 0.207.